The Labute approximate surface area is 165 Å². The molecule has 0 fully saturated rings. The number of ether oxygens (including phenoxy) is 1. The molecule has 0 spiro atoms. The average molecular weight is 398 g/mol. The molecule has 0 radical (unpaired) electrons. The van der Waals surface area contributed by atoms with Gasteiger partial charge < -0.3 is 10.1 Å². The van der Waals surface area contributed by atoms with Gasteiger partial charge in [0.2, 0.25) is 0 Å². The molecular weight excluding hydrogens is 380 g/mol. The SMILES string of the molecule is COCCNc1ccc([N+](=O)[O-])cc1C(=O)Nc1nc(-c2ccccc2)cs1. The Morgan fingerprint density at radius 2 is 2.04 bits per heavy atom. The molecule has 144 valence electrons. The van der Waals surface area contributed by atoms with Crippen molar-refractivity contribution < 1.29 is 14.5 Å². The van der Waals surface area contributed by atoms with E-state index in [-0.39, 0.29) is 11.3 Å². The maximum atomic E-state index is 12.7. The van der Waals surface area contributed by atoms with Gasteiger partial charge in [-0.15, -0.1) is 11.3 Å². The fourth-order valence-electron chi connectivity index (χ4n) is 2.51. The molecule has 3 rings (SSSR count). The number of nitrogens with one attached hydrogen (secondary N) is 2. The third-order valence-electron chi connectivity index (χ3n) is 3.87. The smallest absolute Gasteiger partial charge is 0.270 e. The zero-order valence-corrected chi connectivity index (χ0v) is 15.9. The van der Waals surface area contributed by atoms with E-state index < -0.39 is 10.8 Å². The van der Waals surface area contributed by atoms with Crippen molar-refractivity contribution in [2.45, 2.75) is 0 Å². The number of hydrogen-bond donors (Lipinski definition) is 2. The van der Waals surface area contributed by atoms with Gasteiger partial charge in [-0.2, -0.15) is 0 Å². The van der Waals surface area contributed by atoms with Crippen LogP contribution in [0.4, 0.5) is 16.5 Å². The molecular formula is C19H18N4O4S. The van der Waals surface area contributed by atoms with Crippen molar-refractivity contribution in [2.24, 2.45) is 0 Å². The maximum absolute atomic E-state index is 12.7. The van der Waals surface area contributed by atoms with Crippen LogP contribution in [0.25, 0.3) is 11.3 Å². The molecule has 0 bridgehead atoms. The number of non-ortho nitro benzene ring substituents is 1. The van der Waals surface area contributed by atoms with Gasteiger partial charge in [-0.3, -0.25) is 20.2 Å². The van der Waals surface area contributed by atoms with Crippen LogP contribution >= 0.6 is 11.3 Å². The van der Waals surface area contributed by atoms with E-state index in [4.69, 9.17) is 4.74 Å². The van der Waals surface area contributed by atoms with Gasteiger partial charge in [-0.25, -0.2) is 4.98 Å². The number of nitro benzene ring substituents is 1. The van der Waals surface area contributed by atoms with Gasteiger partial charge in [0.25, 0.3) is 11.6 Å². The third-order valence-corrected chi connectivity index (χ3v) is 4.63. The molecule has 3 aromatic rings. The van der Waals surface area contributed by atoms with E-state index in [0.717, 1.165) is 11.3 Å². The number of thiazole rings is 1. The standard InChI is InChI=1S/C19H18N4O4S/c1-27-10-9-20-16-8-7-14(23(25)26)11-15(16)18(24)22-19-21-17(12-28-19)13-5-3-2-4-6-13/h2-8,11-12,20H,9-10H2,1H3,(H,21,22,24). The molecule has 0 unspecified atom stereocenters. The highest BCUT2D eigenvalue weighted by molar-refractivity contribution is 7.14. The number of carbonyl (C=O) groups is 1. The molecule has 0 saturated carbocycles. The second-order valence-electron chi connectivity index (χ2n) is 5.76. The highest BCUT2D eigenvalue weighted by Gasteiger charge is 2.18. The molecule has 9 heteroatoms. The number of hydrogen-bond acceptors (Lipinski definition) is 7. The van der Waals surface area contributed by atoms with Gasteiger partial charge in [0, 0.05) is 42.4 Å². The number of aromatic nitrogens is 1. The van der Waals surface area contributed by atoms with Crippen molar-refractivity contribution in [1.29, 1.82) is 0 Å². The predicted molar refractivity (Wildman–Crippen MR) is 109 cm³/mol. The first kappa shape index (κ1) is 19.5. The van der Waals surface area contributed by atoms with Gasteiger partial charge in [-0.05, 0) is 6.07 Å². The largest absolute Gasteiger partial charge is 0.383 e. The van der Waals surface area contributed by atoms with Gasteiger partial charge >= 0.3 is 0 Å². The predicted octanol–water partition coefficient (Wildman–Crippen LogP) is 4.03. The van der Waals surface area contributed by atoms with E-state index in [9.17, 15) is 14.9 Å². The Bertz CT molecular complexity index is 975. The summed E-state index contributed by atoms with van der Waals surface area (Å²) >= 11 is 1.29. The molecule has 0 aliphatic heterocycles. The minimum absolute atomic E-state index is 0.161. The first-order valence-electron chi connectivity index (χ1n) is 8.42. The van der Waals surface area contributed by atoms with Crippen LogP contribution in [-0.2, 0) is 4.74 Å². The molecule has 0 aliphatic rings. The van der Waals surface area contributed by atoms with Crippen LogP contribution in [0, 0.1) is 10.1 Å². The molecule has 1 aromatic heterocycles. The molecule has 1 amide bonds. The van der Waals surface area contributed by atoms with E-state index in [2.05, 4.69) is 15.6 Å². The van der Waals surface area contributed by atoms with Crippen LogP contribution < -0.4 is 10.6 Å². The van der Waals surface area contributed by atoms with Gasteiger partial charge in [0.15, 0.2) is 5.13 Å². The molecule has 2 N–H and O–H groups in total. The summed E-state index contributed by atoms with van der Waals surface area (Å²) in [6.07, 6.45) is 0. The first-order valence-corrected chi connectivity index (χ1v) is 9.30. The van der Waals surface area contributed by atoms with Gasteiger partial charge in [0.05, 0.1) is 22.8 Å². The molecule has 0 aliphatic carbocycles. The quantitative estimate of drug-likeness (QED) is 0.337. The lowest BCUT2D eigenvalue weighted by Crippen LogP contribution is -2.16. The molecule has 0 atom stereocenters. The summed E-state index contributed by atoms with van der Waals surface area (Å²) in [6.45, 7) is 0.898. The van der Waals surface area contributed by atoms with Crippen LogP contribution in [0.2, 0.25) is 0 Å². The Balaban J connectivity index is 1.81. The summed E-state index contributed by atoms with van der Waals surface area (Å²) < 4.78 is 4.99. The molecule has 1 heterocycles. The van der Waals surface area contributed by atoms with E-state index in [1.807, 2.05) is 35.7 Å². The van der Waals surface area contributed by atoms with E-state index >= 15 is 0 Å². The average Bonchev–Trinajstić information content (AvgIpc) is 3.17. The van der Waals surface area contributed by atoms with Crippen LogP contribution in [0.15, 0.2) is 53.9 Å². The fourth-order valence-corrected chi connectivity index (χ4v) is 3.23. The lowest BCUT2D eigenvalue weighted by atomic mass is 10.1. The van der Waals surface area contributed by atoms with Crippen molar-refractivity contribution in [1.82, 2.24) is 4.98 Å². The summed E-state index contributed by atoms with van der Waals surface area (Å²) in [4.78, 5) is 27.7. The highest BCUT2D eigenvalue weighted by atomic mass is 32.1. The van der Waals surface area contributed by atoms with Crippen molar-refractivity contribution in [3.63, 3.8) is 0 Å². The number of rotatable bonds is 8. The van der Waals surface area contributed by atoms with Crippen molar-refractivity contribution in [3.8, 4) is 11.3 Å². The van der Waals surface area contributed by atoms with E-state index in [1.165, 1.54) is 29.5 Å². The van der Waals surface area contributed by atoms with Crippen molar-refractivity contribution in [2.75, 3.05) is 30.9 Å². The number of methoxy groups -OCH3 is 1. The molecule has 2 aromatic carbocycles. The maximum Gasteiger partial charge on any atom is 0.270 e. The van der Waals surface area contributed by atoms with Crippen molar-refractivity contribution in [3.05, 3.63) is 69.6 Å². The van der Waals surface area contributed by atoms with Gasteiger partial charge in [0.1, 0.15) is 0 Å². The zero-order valence-electron chi connectivity index (χ0n) is 15.0. The Morgan fingerprint density at radius 3 is 2.75 bits per heavy atom. The summed E-state index contributed by atoms with van der Waals surface area (Å²) in [5.41, 5.74) is 2.18. The monoisotopic (exact) mass is 398 g/mol. The van der Waals surface area contributed by atoms with Gasteiger partial charge in [-0.1, -0.05) is 30.3 Å². The number of benzene rings is 2. The number of carbonyl (C=O) groups excluding carboxylic acids is 1. The van der Waals surface area contributed by atoms with E-state index in [1.54, 1.807) is 7.11 Å². The number of anilines is 2. The Morgan fingerprint density at radius 1 is 1.25 bits per heavy atom. The summed E-state index contributed by atoms with van der Waals surface area (Å²) in [5, 5.41) is 19.1. The second-order valence-corrected chi connectivity index (χ2v) is 6.62. The third kappa shape index (κ3) is 4.70. The second kappa shape index (κ2) is 9.07. The molecule has 28 heavy (non-hydrogen) atoms. The summed E-state index contributed by atoms with van der Waals surface area (Å²) in [6, 6.07) is 13.7. The molecule has 8 nitrogen and oxygen atoms in total. The first-order chi connectivity index (χ1) is 13.6. The lowest BCUT2D eigenvalue weighted by molar-refractivity contribution is -0.384. The fraction of sp³-hybridized carbons (Fsp3) is 0.158. The minimum Gasteiger partial charge on any atom is -0.383 e. The topological polar surface area (TPSA) is 106 Å². The highest BCUT2D eigenvalue weighted by Crippen LogP contribution is 2.27. The van der Waals surface area contributed by atoms with Crippen LogP contribution in [0.5, 0.6) is 0 Å². The lowest BCUT2D eigenvalue weighted by Gasteiger charge is -2.11. The van der Waals surface area contributed by atoms with E-state index in [0.29, 0.717) is 24.0 Å². The Kier molecular flexibility index (Phi) is 6.30. The number of nitrogens with zero attached hydrogens (tertiary/aromatic N) is 2. The van der Waals surface area contributed by atoms with Crippen LogP contribution in [0.1, 0.15) is 10.4 Å². The number of amides is 1. The normalized spacial score (nSPS) is 10.5. The number of nitro groups is 1. The molecule has 0 saturated heterocycles. The Hall–Kier alpha value is -3.30. The zero-order chi connectivity index (χ0) is 19.9. The summed E-state index contributed by atoms with van der Waals surface area (Å²) in [5.74, 6) is -0.474. The minimum atomic E-state index is -0.535. The van der Waals surface area contributed by atoms with Crippen molar-refractivity contribution >= 4 is 33.8 Å². The van der Waals surface area contributed by atoms with Crippen LogP contribution in [-0.4, -0.2) is 36.1 Å². The van der Waals surface area contributed by atoms with Crippen LogP contribution in [0.3, 0.4) is 0 Å². The summed E-state index contributed by atoms with van der Waals surface area (Å²) in [7, 11) is 1.57.